The summed E-state index contributed by atoms with van der Waals surface area (Å²) in [6.45, 7) is 2.16. The molecular formula is C22H20ClN5O2. The Morgan fingerprint density at radius 3 is 2.90 bits per heavy atom. The maximum absolute atomic E-state index is 12.9. The molecule has 2 aromatic heterocycles. The van der Waals surface area contributed by atoms with Crippen LogP contribution in [0.4, 0.5) is 5.82 Å². The zero-order valence-electron chi connectivity index (χ0n) is 16.4. The van der Waals surface area contributed by atoms with Crippen molar-refractivity contribution in [2.24, 2.45) is 11.0 Å². The molecular weight excluding hydrogens is 402 g/mol. The van der Waals surface area contributed by atoms with E-state index in [1.807, 2.05) is 18.2 Å². The molecule has 4 rings (SSSR count). The molecule has 1 unspecified atom stereocenters. The summed E-state index contributed by atoms with van der Waals surface area (Å²) in [6, 6.07) is 7.97. The topological polar surface area (TPSA) is 81.3 Å². The van der Waals surface area contributed by atoms with Crippen molar-refractivity contribution >= 4 is 34.5 Å². The fourth-order valence-corrected chi connectivity index (χ4v) is 3.44. The second-order valence-corrected chi connectivity index (χ2v) is 7.79. The van der Waals surface area contributed by atoms with E-state index in [-0.39, 0.29) is 0 Å². The van der Waals surface area contributed by atoms with Crippen molar-refractivity contribution in [1.82, 2.24) is 14.1 Å². The molecule has 0 amide bonds. The third-order valence-corrected chi connectivity index (χ3v) is 5.35. The molecule has 30 heavy (non-hydrogen) atoms. The van der Waals surface area contributed by atoms with Gasteiger partial charge in [-0.2, -0.15) is 5.10 Å². The van der Waals surface area contributed by atoms with Crippen LogP contribution in [0, 0.1) is 18.3 Å². The molecule has 1 fully saturated rings. The average Bonchev–Trinajstić information content (AvgIpc) is 3.55. The summed E-state index contributed by atoms with van der Waals surface area (Å²) in [5, 5.41) is 5.71. The highest BCUT2D eigenvalue weighted by atomic mass is 35.5. The highest BCUT2D eigenvalue weighted by Gasteiger charge is 2.25. The lowest BCUT2D eigenvalue weighted by Crippen LogP contribution is -2.41. The summed E-state index contributed by atoms with van der Waals surface area (Å²) in [6.07, 6.45) is 10.8. The predicted octanol–water partition coefficient (Wildman–Crippen LogP) is 3.26. The van der Waals surface area contributed by atoms with E-state index in [2.05, 4.69) is 21.4 Å². The Morgan fingerprint density at radius 2 is 2.17 bits per heavy atom. The molecule has 0 bridgehead atoms. The number of aromatic nitrogens is 3. The van der Waals surface area contributed by atoms with Crippen LogP contribution in [0.2, 0.25) is 5.02 Å². The standard InChI is InChI=1S/C22H20ClN5O2/c1-3-14(2)28-21(29)11-20(27(22(28)30)13-15-4-5-15)26-25-12-16-8-9-24-19-7-6-17(23)10-18(16)19/h1,6-12,14-15,26H,4-5,13H2,2H3/b25-12+. The Labute approximate surface area is 178 Å². The smallest absolute Gasteiger partial charge is 0.278 e. The minimum absolute atomic E-state index is 0.338. The van der Waals surface area contributed by atoms with Gasteiger partial charge >= 0.3 is 5.69 Å². The highest BCUT2D eigenvalue weighted by molar-refractivity contribution is 6.31. The van der Waals surface area contributed by atoms with Gasteiger partial charge in [-0.1, -0.05) is 17.5 Å². The van der Waals surface area contributed by atoms with Gasteiger partial charge in [0.1, 0.15) is 5.82 Å². The van der Waals surface area contributed by atoms with Crippen molar-refractivity contribution in [1.29, 1.82) is 0 Å². The number of halogens is 1. The van der Waals surface area contributed by atoms with Gasteiger partial charge in [0.2, 0.25) is 0 Å². The van der Waals surface area contributed by atoms with Crippen molar-refractivity contribution in [3.05, 3.63) is 68.0 Å². The van der Waals surface area contributed by atoms with Crippen LogP contribution in [0.3, 0.4) is 0 Å². The Balaban J connectivity index is 1.70. The molecule has 7 nitrogen and oxygen atoms in total. The second-order valence-electron chi connectivity index (χ2n) is 7.35. The molecule has 0 aliphatic heterocycles. The second kappa shape index (κ2) is 8.17. The van der Waals surface area contributed by atoms with Crippen LogP contribution in [-0.2, 0) is 6.54 Å². The lowest BCUT2D eigenvalue weighted by atomic mass is 10.1. The monoisotopic (exact) mass is 421 g/mol. The van der Waals surface area contributed by atoms with Gasteiger partial charge in [-0.3, -0.25) is 19.8 Å². The first-order chi connectivity index (χ1) is 14.5. The molecule has 1 aromatic carbocycles. The van der Waals surface area contributed by atoms with Crippen LogP contribution in [0.25, 0.3) is 10.9 Å². The van der Waals surface area contributed by atoms with Gasteiger partial charge in [-0.05, 0) is 49.9 Å². The number of rotatable bonds is 6. The minimum atomic E-state index is -0.624. The summed E-state index contributed by atoms with van der Waals surface area (Å²) < 4.78 is 2.63. The van der Waals surface area contributed by atoms with Crippen molar-refractivity contribution in [2.45, 2.75) is 32.4 Å². The first kappa shape index (κ1) is 19.9. The molecule has 152 valence electrons. The summed E-state index contributed by atoms with van der Waals surface area (Å²) >= 11 is 6.11. The molecule has 2 heterocycles. The number of hydrazone groups is 1. The Bertz CT molecular complexity index is 1300. The number of nitrogens with zero attached hydrogens (tertiary/aromatic N) is 4. The van der Waals surface area contributed by atoms with Crippen LogP contribution < -0.4 is 16.7 Å². The fourth-order valence-electron chi connectivity index (χ4n) is 3.27. The molecule has 8 heteroatoms. The quantitative estimate of drug-likeness (QED) is 0.376. The summed E-state index contributed by atoms with van der Waals surface area (Å²) in [4.78, 5) is 29.7. The van der Waals surface area contributed by atoms with Crippen molar-refractivity contribution in [2.75, 3.05) is 5.43 Å². The van der Waals surface area contributed by atoms with Crippen LogP contribution in [-0.4, -0.2) is 20.3 Å². The molecule has 1 saturated carbocycles. The van der Waals surface area contributed by atoms with Crippen LogP contribution in [0.5, 0.6) is 0 Å². The molecule has 1 N–H and O–H groups in total. The first-order valence-electron chi connectivity index (χ1n) is 9.64. The highest BCUT2D eigenvalue weighted by Crippen LogP contribution is 2.31. The number of pyridine rings is 1. The van der Waals surface area contributed by atoms with Gasteiger partial charge in [-0.15, -0.1) is 6.42 Å². The number of nitrogens with one attached hydrogen (secondary N) is 1. The predicted molar refractivity (Wildman–Crippen MR) is 119 cm³/mol. The van der Waals surface area contributed by atoms with E-state index >= 15 is 0 Å². The summed E-state index contributed by atoms with van der Waals surface area (Å²) in [5.41, 5.74) is 3.56. The number of terminal acetylenes is 1. The maximum Gasteiger partial charge on any atom is 0.333 e. The lowest BCUT2D eigenvalue weighted by molar-refractivity contribution is 0.522. The number of anilines is 1. The number of fused-ring (bicyclic) bond motifs is 1. The van der Waals surface area contributed by atoms with E-state index in [1.54, 1.807) is 25.4 Å². The van der Waals surface area contributed by atoms with Crippen molar-refractivity contribution < 1.29 is 0 Å². The largest absolute Gasteiger partial charge is 0.333 e. The zero-order valence-corrected chi connectivity index (χ0v) is 17.1. The Kier molecular flexibility index (Phi) is 5.42. The average molecular weight is 422 g/mol. The van der Waals surface area contributed by atoms with Crippen molar-refractivity contribution in [3.63, 3.8) is 0 Å². The fraction of sp³-hybridized carbons (Fsp3) is 0.273. The van der Waals surface area contributed by atoms with Gasteiger partial charge in [0.15, 0.2) is 0 Å². The van der Waals surface area contributed by atoms with Crippen LogP contribution >= 0.6 is 11.6 Å². The minimum Gasteiger partial charge on any atom is -0.278 e. The molecule has 0 spiro atoms. The third kappa shape index (κ3) is 4.00. The molecule has 1 atom stereocenters. The Morgan fingerprint density at radius 1 is 1.37 bits per heavy atom. The lowest BCUT2D eigenvalue weighted by Gasteiger charge is -2.16. The molecule has 3 aromatic rings. The van der Waals surface area contributed by atoms with E-state index in [4.69, 9.17) is 18.0 Å². The first-order valence-corrected chi connectivity index (χ1v) is 10.0. The third-order valence-electron chi connectivity index (χ3n) is 5.11. The molecule has 0 saturated heterocycles. The van der Waals surface area contributed by atoms with Gasteiger partial charge in [-0.25, -0.2) is 9.36 Å². The number of hydrogen-bond donors (Lipinski definition) is 1. The summed E-state index contributed by atoms with van der Waals surface area (Å²) in [7, 11) is 0. The molecule has 0 radical (unpaired) electrons. The van der Waals surface area contributed by atoms with Gasteiger partial charge in [0.05, 0.1) is 17.8 Å². The van der Waals surface area contributed by atoms with Gasteiger partial charge in [0.25, 0.3) is 5.56 Å². The number of benzene rings is 1. The normalized spacial score (nSPS) is 14.7. The van der Waals surface area contributed by atoms with Crippen molar-refractivity contribution in [3.8, 4) is 12.3 Å². The Hall–Kier alpha value is -3.37. The maximum atomic E-state index is 12.9. The van der Waals surface area contributed by atoms with E-state index in [9.17, 15) is 9.59 Å². The van der Waals surface area contributed by atoms with Crippen LogP contribution in [0.15, 0.2) is 51.2 Å². The zero-order chi connectivity index (χ0) is 21.3. The van der Waals surface area contributed by atoms with Gasteiger partial charge < -0.3 is 0 Å². The van der Waals surface area contributed by atoms with E-state index in [0.29, 0.717) is 23.3 Å². The van der Waals surface area contributed by atoms with Crippen LogP contribution in [0.1, 0.15) is 31.4 Å². The SMILES string of the molecule is C#CC(C)n1c(=O)cc(N/N=C/c2ccnc3ccc(Cl)cc23)n(CC2CC2)c1=O. The molecule has 1 aliphatic carbocycles. The van der Waals surface area contributed by atoms with E-state index in [0.717, 1.165) is 33.9 Å². The molecule has 1 aliphatic rings. The van der Waals surface area contributed by atoms with Gasteiger partial charge in [0, 0.05) is 34.8 Å². The van der Waals surface area contributed by atoms with E-state index in [1.165, 1.54) is 10.6 Å². The van der Waals surface area contributed by atoms with E-state index < -0.39 is 17.3 Å². The summed E-state index contributed by atoms with van der Waals surface area (Å²) in [5.74, 6) is 3.21. The number of hydrogen-bond acceptors (Lipinski definition) is 5.